The van der Waals surface area contributed by atoms with E-state index in [1.54, 1.807) is 0 Å². The molecule has 1 N–H and O–H groups in total. The van der Waals surface area contributed by atoms with Crippen LogP contribution in [0.25, 0.3) is 0 Å². The molecule has 0 bridgehead atoms. The molecule has 0 unspecified atom stereocenters. The van der Waals surface area contributed by atoms with Gasteiger partial charge in [0.15, 0.2) is 11.5 Å². The zero-order valence-corrected chi connectivity index (χ0v) is 21.0. The maximum absolute atomic E-state index is 12.3. The van der Waals surface area contributed by atoms with E-state index in [0.717, 1.165) is 26.7 Å². The van der Waals surface area contributed by atoms with Crippen molar-refractivity contribution >= 4 is 21.8 Å². The van der Waals surface area contributed by atoms with Crippen molar-refractivity contribution in [1.29, 1.82) is 0 Å². The van der Waals surface area contributed by atoms with E-state index in [-0.39, 0.29) is 5.91 Å². The van der Waals surface area contributed by atoms with Gasteiger partial charge in [0.05, 0.1) is 6.42 Å². The van der Waals surface area contributed by atoms with Crippen molar-refractivity contribution in [3.63, 3.8) is 0 Å². The molecule has 0 spiro atoms. The number of carbonyl (C=O) groups excluding carboxylic acids is 1. The summed E-state index contributed by atoms with van der Waals surface area (Å²) in [5.74, 6) is 1.40. The first kappa shape index (κ1) is 24.6. The van der Waals surface area contributed by atoms with E-state index < -0.39 is 0 Å². The van der Waals surface area contributed by atoms with Gasteiger partial charge in [0.2, 0.25) is 5.91 Å². The number of carbonyl (C=O) groups is 1. The molecule has 35 heavy (non-hydrogen) atoms. The molecule has 0 saturated heterocycles. The Labute approximate surface area is 215 Å². The van der Waals surface area contributed by atoms with Crippen LogP contribution < -0.4 is 14.8 Å². The molecule has 1 amide bonds. The van der Waals surface area contributed by atoms with Crippen LogP contribution in [0.1, 0.15) is 22.3 Å². The van der Waals surface area contributed by atoms with Gasteiger partial charge < -0.3 is 14.8 Å². The van der Waals surface area contributed by atoms with Gasteiger partial charge in [0.25, 0.3) is 0 Å². The van der Waals surface area contributed by atoms with Crippen LogP contribution in [0.4, 0.5) is 0 Å². The van der Waals surface area contributed by atoms with Crippen LogP contribution in [0.2, 0.25) is 0 Å². The molecule has 178 valence electrons. The van der Waals surface area contributed by atoms with Gasteiger partial charge in [0.1, 0.15) is 13.2 Å². The van der Waals surface area contributed by atoms with Crippen LogP contribution in [0.3, 0.4) is 0 Å². The highest BCUT2D eigenvalue weighted by Gasteiger charge is 2.09. The topological polar surface area (TPSA) is 47.6 Å². The van der Waals surface area contributed by atoms with Gasteiger partial charge in [-0.1, -0.05) is 94.8 Å². The minimum atomic E-state index is 0.00599. The van der Waals surface area contributed by atoms with Crippen molar-refractivity contribution in [2.45, 2.75) is 26.1 Å². The van der Waals surface area contributed by atoms with Crippen molar-refractivity contribution in [2.75, 3.05) is 6.54 Å². The second-order valence-corrected chi connectivity index (χ2v) is 9.15. The third-order valence-electron chi connectivity index (χ3n) is 5.47. The minimum Gasteiger partial charge on any atom is -0.485 e. The van der Waals surface area contributed by atoms with Gasteiger partial charge in [0, 0.05) is 11.0 Å². The van der Waals surface area contributed by atoms with Gasteiger partial charge >= 0.3 is 0 Å². The molecule has 4 nitrogen and oxygen atoms in total. The van der Waals surface area contributed by atoms with Gasteiger partial charge in [-0.2, -0.15) is 0 Å². The summed E-state index contributed by atoms with van der Waals surface area (Å²) in [5, 5.41) is 3.01. The largest absolute Gasteiger partial charge is 0.485 e. The Hall–Kier alpha value is -3.57. The van der Waals surface area contributed by atoms with Crippen LogP contribution in [-0.4, -0.2) is 12.5 Å². The predicted molar refractivity (Wildman–Crippen MR) is 143 cm³/mol. The molecule has 4 aromatic carbocycles. The van der Waals surface area contributed by atoms with Gasteiger partial charge in [-0.15, -0.1) is 0 Å². The summed E-state index contributed by atoms with van der Waals surface area (Å²) in [6.07, 6.45) is 1.06. The highest BCUT2D eigenvalue weighted by molar-refractivity contribution is 9.10. The average Bonchev–Trinajstić information content (AvgIpc) is 2.88. The molecule has 4 aromatic rings. The van der Waals surface area contributed by atoms with Crippen molar-refractivity contribution in [3.8, 4) is 11.5 Å². The lowest BCUT2D eigenvalue weighted by Crippen LogP contribution is -2.27. The summed E-state index contributed by atoms with van der Waals surface area (Å²) in [4.78, 5) is 12.3. The van der Waals surface area contributed by atoms with Crippen LogP contribution in [0.15, 0.2) is 108 Å². The Bertz CT molecular complexity index is 1230. The Balaban J connectivity index is 1.37. The third kappa shape index (κ3) is 8.01. The first-order valence-corrected chi connectivity index (χ1v) is 12.4. The molecule has 0 radical (unpaired) electrons. The van der Waals surface area contributed by atoms with Crippen molar-refractivity contribution < 1.29 is 14.3 Å². The standard InChI is InChI=1S/C30H28BrNO3/c31-27-13-7-12-26(18-27)20-30(33)32-17-16-23-14-15-28(34-21-24-8-3-1-4-9-24)29(19-23)35-22-25-10-5-2-6-11-25/h1-15,18-19H,16-17,20-22H2,(H,32,33). The van der Waals surface area contributed by atoms with E-state index >= 15 is 0 Å². The van der Waals surface area contributed by atoms with Crippen molar-refractivity contribution in [1.82, 2.24) is 5.32 Å². The number of amides is 1. The molecule has 4 rings (SSSR count). The fourth-order valence-electron chi connectivity index (χ4n) is 3.65. The molecule has 0 saturated carbocycles. The lowest BCUT2D eigenvalue weighted by Gasteiger charge is -2.15. The highest BCUT2D eigenvalue weighted by Crippen LogP contribution is 2.30. The summed E-state index contributed by atoms with van der Waals surface area (Å²) in [6, 6.07) is 33.9. The maximum Gasteiger partial charge on any atom is 0.224 e. The van der Waals surface area contributed by atoms with E-state index in [1.807, 2.05) is 103 Å². The van der Waals surface area contributed by atoms with Crippen LogP contribution >= 0.6 is 15.9 Å². The second-order valence-electron chi connectivity index (χ2n) is 8.24. The van der Waals surface area contributed by atoms with Gasteiger partial charge in [-0.3, -0.25) is 4.79 Å². The Morgan fingerprint density at radius 1 is 0.657 bits per heavy atom. The molecule has 0 aliphatic rings. The number of ether oxygens (including phenoxy) is 2. The Morgan fingerprint density at radius 2 is 1.29 bits per heavy atom. The van der Waals surface area contributed by atoms with Crippen molar-refractivity contribution in [3.05, 3.63) is 130 Å². The summed E-state index contributed by atoms with van der Waals surface area (Å²) < 4.78 is 13.2. The molecule has 0 aromatic heterocycles. The van der Waals surface area contributed by atoms with E-state index in [9.17, 15) is 4.79 Å². The highest BCUT2D eigenvalue weighted by atomic mass is 79.9. The Morgan fingerprint density at radius 3 is 1.94 bits per heavy atom. The van der Waals surface area contributed by atoms with E-state index in [1.165, 1.54) is 0 Å². The number of hydrogen-bond donors (Lipinski definition) is 1. The lowest BCUT2D eigenvalue weighted by atomic mass is 10.1. The van der Waals surface area contributed by atoms with Gasteiger partial charge in [-0.05, 0) is 52.9 Å². The number of hydrogen-bond acceptors (Lipinski definition) is 3. The first-order chi connectivity index (χ1) is 17.2. The molecule has 0 aliphatic heterocycles. The van der Waals surface area contributed by atoms with E-state index in [2.05, 4.69) is 21.2 Å². The molecular weight excluding hydrogens is 502 g/mol. The monoisotopic (exact) mass is 529 g/mol. The maximum atomic E-state index is 12.3. The predicted octanol–water partition coefficient (Wildman–Crippen LogP) is 6.51. The van der Waals surface area contributed by atoms with Crippen LogP contribution in [-0.2, 0) is 30.8 Å². The number of halogens is 1. The van der Waals surface area contributed by atoms with Crippen LogP contribution in [0, 0.1) is 0 Å². The molecule has 0 fully saturated rings. The summed E-state index contributed by atoms with van der Waals surface area (Å²) in [5.41, 5.74) is 4.24. The van der Waals surface area contributed by atoms with Gasteiger partial charge in [-0.25, -0.2) is 0 Å². The second kappa shape index (κ2) is 12.8. The molecule has 0 aliphatic carbocycles. The first-order valence-electron chi connectivity index (χ1n) is 11.6. The average molecular weight is 530 g/mol. The van der Waals surface area contributed by atoms with Crippen LogP contribution in [0.5, 0.6) is 11.5 Å². The molecular formula is C30H28BrNO3. The zero-order valence-electron chi connectivity index (χ0n) is 19.5. The third-order valence-corrected chi connectivity index (χ3v) is 5.97. The van der Waals surface area contributed by atoms with E-state index in [0.29, 0.717) is 44.1 Å². The molecule has 0 heterocycles. The Kier molecular flexibility index (Phi) is 8.96. The smallest absolute Gasteiger partial charge is 0.224 e. The minimum absolute atomic E-state index is 0.00599. The summed E-state index contributed by atoms with van der Waals surface area (Å²) in [6.45, 7) is 1.47. The number of benzene rings is 4. The van der Waals surface area contributed by atoms with Crippen molar-refractivity contribution in [2.24, 2.45) is 0 Å². The number of nitrogens with one attached hydrogen (secondary N) is 1. The lowest BCUT2D eigenvalue weighted by molar-refractivity contribution is -0.120. The molecule has 5 heteroatoms. The number of rotatable bonds is 11. The fourth-order valence-corrected chi connectivity index (χ4v) is 4.10. The van der Waals surface area contributed by atoms with E-state index in [4.69, 9.17) is 9.47 Å². The summed E-state index contributed by atoms with van der Waals surface area (Å²) in [7, 11) is 0. The SMILES string of the molecule is O=C(Cc1cccc(Br)c1)NCCc1ccc(OCc2ccccc2)c(OCc2ccccc2)c1. The normalized spacial score (nSPS) is 10.5. The molecule has 0 atom stereocenters. The quantitative estimate of drug-likeness (QED) is 0.241. The summed E-state index contributed by atoms with van der Waals surface area (Å²) >= 11 is 3.45. The zero-order chi connectivity index (χ0) is 24.3. The fraction of sp³-hybridized carbons (Fsp3) is 0.167.